The van der Waals surface area contributed by atoms with E-state index in [1.807, 2.05) is 0 Å². The Balaban J connectivity index is 1.48. The molecule has 1 N–H and O–H groups in total. The fourth-order valence-corrected chi connectivity index (χ4v) is 12.0. The number of carbonyl (C=O) groups excluding carboxylic acids is 1. The predicted molar refractivity (Wildman–Crippen MR) is 142 cm³/mol. The molecule has 0 bridgehead atoms. The van der Waals surface area contributed by atoms with Gasteiger partial charge in [-0.05, 0) is 115 Å². The van der Waals surface area contributed by atoms with E-state index in [1.165, 1.54) is 51.4 Å². The highest BCUT2D eigenvalue weighted by molar-refractivity contribution is 5.66. The third-order valence-electron chi connectivity index (χ3n) is 14.2. The highest BCUT2D eigenvalue weighted by Crippen LogP contribution is 2.77. The number of carbonyl (C=O) groups is 1. The van der Waals surface area contributed by atoms with Crippen molar-refractivity contribution in [2.75, 3.05) is 0 Å². The zero-order valence-corrected chi connectivity index (χ0v) is 24.3. The number of hydrogen-bond acceptors (Lipinski definition) is 3. The molecule has 0 aromatic carbocycles. The first-order valence-electron chi connectivity index (χ1n) is 14.9. The third-order valence-corrected chi connectivity index (χ3v) is 14.2. The molecule has 3 nitrogen and oxygen atoms in total. The van der Waals surface area contributed by atoms with Crippen LogP contribution in [0.3, 0.4) is 0 Å². The van der Waals surface area contributed by atoms with Crippen molar-refractivity contribution in [3.63, 3.8) is 0 Å². The quantitative estimate of drug-likeness (QED) is 0.385. The first-order valence-corrected chi connectivity index (χ1v) is 14.9. The first-order chi connectivity index (χ1) is 16.0. The van der Waals surface area contributed by atoms with Crippen molar-refractivity contribution in [2.24, 2.45) is 56.2 Å². The van der Waals surface area contributed by atoms with Gasteiger partial charge in [-0.3, -0.25) is 4.79 Å². The van der Waals surface area contributed by atoms with Crippen LogP contribution in [0.1, 0.15) is 127 Å². The summed E-state index contributed by atoms with van der Waals surface area (Å²) in [6, 6.07) is 0. The molecule has 5 saturated carbocycles. The van der Waals surface area contributed by atoms with E-state index in [4.69, 9.17) is 4.74 Å². The van der Waals surface area contributed by atoms with Crippen LogP contribution in [-0.2, 0) is 9.53 Å². The molecule has 3 heteroatoms. The Morgan fingerprint density at radius 1 is 0.686 bits per heavy atom. The van der Waals surface area contributed by atoms with Crippen molar-refractivity contribution < 1.29 is 14.6 Å². The van der Waals surface area contributed by atoms with Gasteiger partial charge in [0.1, 0.15) is 6.10 Å². The lowest BCUT2D eigenvalue weighted by atomic mass is 9.30. The van der Waals surface area contributed by atoms with Crippen LogP contribution < -0.4 is 0 Å². The van der Waals surface area contributed by atoms with Crippen molar-refractivity contribution in [1.29, 1.82) is 0 Å². The maximum Gasteiger partial charge on any atom is 0.302 e. The third kappa shape index (κ3) is 3.27. The molecule has 0 aliphatic heterocycles. The number of aliphatic hydroxyl groups excluding tert-OH is 1. The molecule has 0 saturated heterocycles. The normalized spacial score (nSPS) is 54.5. The number of esters is 1. The minimum absolute atomic E-state index is 0.0282. The molecule has 0 radical (unpaired) electrons. The molecule has 0 amide bonds. The van der Waals surface area contributed by atoms with Gasteiger partial charge in [0, 0.05) is 12.3 Å². The number of hydrogen-bond donors (Lipinski definition) is 1. The van der Waals surface area contributed by atoms with E-state index in [0.29, 0.717) is 34.0 Å². The largest absolute Gasteiger partial charge is 0.462 e. The topological polar surface area (TPSA) is 46.5 Å². The molecule has 0 aromatic heterocycles. The van der Waals surface area contributed by atoms with Crippen LogP contribution in [0, 0.1) is 56.2 Å². The second kappa shape index (κ2) is 7.73. The van der Waals surface area contributed by atoms with Crippen molar-refractivity contribution in [3.8, 4) is 0 Å². The van der Waals surface area contributed by atoms with Gasteiger partial charge < -0.3 is 9.84 Å². The summed E-state index contributed by atoms with van der Waals surface area (Å²) >= 11 is 0. The Morgan fingerprint density at radius 2 is 1.26 bits per heavy atom. The van der Waals surface area contributed by atoms with Gasteiger partial charge in [-0.1, -0.05) is 55.4 Å². The second-order valence-corrected chi connectivity index (χ2v) is 16.2. The number of aliphatic hydroxyl groups is 1. The van der Waals surface area contributed by atoms with Crippen molar-refractivity contribution in [3.05, 3.63) is 0 Å². The molecular weight excluding hydrogens is 432 g/mol. The number of fused-ring (bicyclic) bond motifs is 7. The molecule has 0 heterocycles. The van der Waals surface area contributed by atoms with Crippen LogP contribution in [0.25, 0.3) is 0 Å². The smallest absolute Gasteiger partial charge is 0.302 e. The minimum Gasteiger partial charge on any atom is -0.462 e. The van der Waals surface area contributed by atoms with Gasteiger partial charge in [0.05, 0.1) is 6.10 Å². The van der Waals surface area contributed by atoms with E-state index < -0.39 is 0 Å². The van der Waals surface area contributed by atoms with E-state index in [2.05, 4.69) is 55.4 Å². The summed E-state index contributed by atoms with van der Waals surface area (Å²) < 4.78 is 5.90. The molecule has 35 heavy (non-hydrogen) atoms. The highest BCUT2D eigenvalue weighted by Gasteiger charge is 2.71. The average molecular weight is 487 g/mol. The van der Waals surface area contributed by atoms with Gasteiger partial charge >= 0.3 is 5.97 Å². The van der Waals surface area contributed by atoms with Crippen LogP contribution in [0.4, 0.5) is 0 Å². The summed E-state index contributed by atoms with van der Waals surface area (Å²) in [6.07, 6.45) is 12.2. The van der Waals surface area contributed by atoms with Crippen molar-refractivity contribution >= 4 is 5.97 Å². The lowest BCUT2D eigenvalue weighted by molar-refractivity contribution is -0.269. The lowest BCUT2D eigenvalue weighted by Crippen LogP contribution is -2.68. The first kappa shape index (κ1) is 26.1. The fraction of sp³-hybridized carbons (Fsp3) is 0.969. The zero-order valence-electron chi connectivity index (χ0n) is 24.3. The Bertz CT molecular complexity index is 876. The monoisotopic (exact) mass is 486 g/mol. The summed E-state index contributed by atoms with van der Waals surface area (Å²) in [6.45, 7) is 21.5. The lowest BCUT2D eigenvalue weighted by Gasteiger charge is -2.74. The molecular formula is C32H54O3. The van der Waals surface area contributed by atoms with Gasteiger partial charge in [0.15, 0.2) is 0 Å². The maximum atomic E-state index is 11.9. The van der Waals surface area contributed by atoms with Crippen LogP contribution >= 0.6 is 0 Å². The number of ether oxygens (including phenoxy) is 1. The summed E-state index contributed by atoms with van der Waals surface area (Å²) in [7, 11) is 0. The molecule has 200 valence electrons. The van der Waals surface area contributed by atoms with E-state index in [9.17, 15) is 9.90 Å². The van der Waals surface area contributed by atoms with Gasteiger partial charge in [-0.15, -0.1) is 0 Å². The van der Waals surface area contributed by atoms with Gasteiger partial charge in [-0.25, -0.2) is 0 Å². The zero-order chi connectivity index (χ0) is 25.8. The molecule has 0 spiro atoms. The molecule has 5 fully saturated rings. The van der Waals surface area contributed by atoms with E-state index >= 15 is 0 Å². The number of rotatable bonds is 1. The fourth-order valence-electron chi connectivity index (χ4n) is 12.0. The highest BCUT2D eigenvalue weighted by atomic mass is 16.5. The average Bonchev–Trinajstić information content (AvgIpc) is 2.74. The van der Waals surface area contributed by atoms with Crippen LogP contribution in [0.2, 0.25) is 0 Å². The SMILES string of the molecule is CC(=O)O[C@H]1CC[C@@]2(C)[C@@H](CC[C@@]3(C)[C@H]2CC[C@H]2[C@]4(C)CCC(C)(C)[C@H](O)[C@@H]4CC[C@@]23C)C1(C)C. The summed E-state index contributed by atoms with van der Waals surface area (Å²) in [5.41, 5.74) is 1.34. The standard InChI is InChI=1S/C32H54O3/c1-20(33)35-25-14-15-30(7)22(28(25,4)5)13-17-32(9)24(30)11-10-23-29(6)19-18-27(2,3)26(34)21(29)12-16-31(23,32)8/h21-26,34H,10-19H2,1-9H3/t21-,22-,23-,24-,25-,26+,29+,30-,31-,32-/m0/s1. The molecule has 5 aliphatic rings. The Kier molecular flexibility index (Phi) is 5.76. The summed E-state index contributed by atoms with van der Waals surface area (Å²) in [4.78, 5) is 11.9. The Morgan fingerprint density at radius 3 is 1.86 bits per heavy atom. The minimum atomic E-state index is -0.165. The van der Waals surface area contributed by atoms with E-state index in [0.717, 1.165) is 18.8 Å². The van der Waals surface area contributed by atoms with Crippen LogP contribution in [0.15, 0.2) is 0 Å². The van der Waals surface area contributed by atoms with E-state index in [1.54, 1.807) is 6.92 Å². The molecule has 5 aliphatic carbocycles. The summed E-state index contributed by atoms with van der Waals surface area (Å²) in [5.74, 6) is 2.39. The Labute approximate surface area is 215 Å². The second-order valence-electron chi connectivity index (χ2n) is 16.2. The van der Waals surface area contributed by atoms with Gasteiger partial charge in [-0.2, -0.15) is 0 Å². The molecule has 5 rings (SSSR count). The van der Waals surface area contributed by atoms with E-state index in [-0.39, 0.29) is 34.4 Å². The van der Waals surface area contributed by atoms with Crippen molar-refractivity contribution in [1.82, 2.24) is 0 Å². The maximum absolute atomic E-state index is 11.9. The molecule has 10 atom stereocenters. The van der Waals surface area contributed by atoms with Crippen LogP contribution in [0.5, 0.6) is 0 Å². The van der Waals surface area contributed by atoms with Gasteiger partial charge in [0.25, 0.3) is 0 Å². The van der Waals surface area contributed by atoms with Gasteiger partial charge in [0.2, 0.25) is 0 Å². The van der Waals surface area contributed by atoms with Crippen molar-refractivity contribution in [2.45, 2.75) is 139 Å². The van der Waals surface area contributed by atoms with Crippen LogP contribution in [-0.4, -0.2) is 23.3 Å². The molecule has 0 aromatic rings. The summed E-state index contributed by atoms with van der Waals surface area (Å²) in [5, 5.41) is 11.5. The Hall–Kier alpha value is -0.570. The predicted octanol–water partition coefficient (Wildman–Crippen LogP) is 7.79. The molecule has 0 unspecified atom stereocenters.